The van der Waals surface area contributed by atoms with Crippen LogP contribution in [0.25, 0.3) is 16.7 Å². The molecule has 4 aromatic rings. The van der Waals surface area contributed by atoms with E-state index in [1.54, 1.807) is 0 Å². The summed E-state index contributed by atoms with van der Waals surface area (Å²) in [5, 5.41) is 9.58. The zero-order valence-corrected chi connectivity index (χ0v) is 14.6. The molecule has 0 saturated carbocycles. The summed E-state index contributed by atoms with van der Waals surface area (Å²) in [6.45, 7) is 0.706. The second-order valence-electron chi connectivity index (χ2n) is 5.53. The van der Waals surface area contributed by atoms with E-state index in [0.717, 1.165) is 27.7 Å². The lowest BCUT2D eigenvalue weighted by Crippen LogP contribution is -2.04. The van der Waals surface area contributed by atoms with Gasteiger partial charge in [0.1, 0.15) is 5.82 Å². The summed E-state index contributed by atoms with van der Waals surface area (Å²) in [7, 11) is 0. The van der Waals surface area contributed by atoms with E-state index in [1.165, 1.54) is 17.3 Å². The average molecular weight is 347 g/mol. The van der Waals surface area contributed by atoms with Crippen molar-refractivity contribution in [2.75, 3.05) is 11.6 Å². The number of nitrogens with zero attached hydrogens (tertiary/aromatic N) is 4. The number of nitrogens with one attached hydrogen (secondary N) is 1. The number of rotatable bonds is 5. The van der Waals surface area contributed by atoms with Gasteiger partial charge in [0.15, 0.2) is 10.8 Å². The SMILES string of the molecule is CSc1nc(NCc2ccccc2)c2cnn(-c3ccccc3)c2n1. The van der Waals surface area contributed by atoms with Gasteiger partial charge in [-0.25, -0.2) is 14.6 Å². The molecule has 1 N–H and O–H groups in total. The molecule has 0 spiro atoms. The molecule has 0 amide bonds. The Morgan fingerprint density at radius 2 is 1.68 bits per heavy atom. The van der Waals surface area contributed by atoms with Crippen LogP contribution in [0.3, 0.4) is 0 Å². The molecule has 5 nitrogen and oxygen atoms in total. The average Bonchev–Trinajstić information content (AvgIpc) is 3.11. The molecule has 2 aromatic heterocycles. The van der Waals surface area contributed by atoms with E-state index in [9.17, 15) is 0 Å². The van der Waals surface area contributed by atoms with Gasteiger partial charge in [-0.1, -0.05) is 60.3 Å². The van der Waals surface area contributed by atoms with Crippen molar-refractivity contribution < 1.29 is 0 Å². The van der Waals surface area contributed by atoms with Crippen molar-refractivity contribution in [2.24, 2.45) is 0 Å². The molecule has 0 atom stereocenters. The van der Waals surface area contributed by atoms with Gasteiger partial charge in [0.2, 0.25) is 0 Å². The van der Waals surface area contributed by atoms with E-state index in [4.69, 9.17) is 0 Å². The first-order valence-electron chi connectivity index (χ1n) is 7.98. The fourth-order valence-electron chi connectivity index (χ4n) is 2.65. The summed E-state index contributed by atoms with van der Waals surface area (Å²) >= 11 is 1.52. The largest absolute Gasteiger partial charge is 0.365 e. The van der Waals surface area contributed by atoms with E-state index in [2.05, 4.69) is 32.5 Å². The highest BCUT2D eigenvalue weighted by Crippen LogP contribution is 2.25. The predicted octanol–water partition coefficient (Wildman–Crippen LogP) is 4.15. The summed E-state index contributed by atoms with van der Waals surface area (Å²) < 4.78 is 1.85. The number of anilines is 1. The van der Waals surface area contributed by atoms with Crippen LogP contribution in [0.4, 0.5) is 5.82 Å². The van der Waals surface area contributed by atoms with Crippen LogP contribution in [0.2, 0.25) is 0 Å². The van der Waals surface area contributed by atoms with Crippen LogP contribution in [-0.2, 0) is 6.54 Å². The maximum atomic E-state index is 4.66. The maximum absolute atomic E-state index is 4.66. The maximum Gasteiger partial charge on any atom is 0.191 e. The fraction of sp³-hybridized carbons (Fsp3) is 0.105. The van der Waals surface area contributed by atoms with Crippen LogP contribution < -0.4 is 5.32 Å². The number of hydrogen-bond donors (Lipinski definition) is 1. The zero-order chi connectivity index (χ0) is 17.1. The molecule has 0 radical (unpaired) electrons. The molecule has 0 saturated heterocycles. The van der Waals surface area contributed by atoms with Gasteiger partial charge in [0.25, 0.3) is 0 Å². The van der Waals surface area contributed by atoms with Crippen molar-refractivity contribution >= 4 is 28.6 Å². The predicted molar refractivity (Wildman–Crippen MR) is 102 cm³/mol. The van der Waals surface area contributed by atoms with Gasteiger partial charge in [-0.3, -0.25) is 0 Å². The second kappa shape index (κ2) is 6.94. The minimum absolute atomic E-state index is 0.706. The van der Waals surface area contributed by atoms with Gasteiger partial charge in [-0.05, 0) is 24.0 Å². The van der Waals surface area contributed by atoms with Crippen LogP contribution in [0.1, 0.15) is 5.56 Å². The van der Waals surface area contributed by atoms with Crippen LogP contribution in [0.15, 0.2) is 72.0 Å². The normalized spacial score (nSPS) is 10.9. The number of para-hydroxylation sites is 1. The molecule has 2 heterocycles. The van der Waals surface area contributed by atoms with Crippen LogP contribution in [-0.4, -0.2) is 26.0 Å². The zero-order valence-electron chi connectivity index (χ0n) is 13.8. The van der Waals surface area contributed by atoms with Gasteiger partial charge >= 0.3 is 0 Å². The van der Waals surface area contributed by atoms with E-state index in [-0.39, 0.29) is 0 Å². The molecule has 25 heavy (non-hydrogen) atoms. The molecule has 0 bridgehead atoms. The number of hydrogen-bond acceptors (Lipinski definition) is 5. The van der Waals surface area contributed by atoms with E-state index < -0.39 is 0 Å². The van der Waals surface area contributed by atoms with Gasteiger partial charge in [0, 0.05) is 6.54 Å². The third-order valence-electron chi connectivity index (χ3n) is 3.89. The highest BCUT2D eigenvalue weighted by Gasteiger charge is 2.13. The summed E-state index contributed by atoms with van der Waals surface area (Å²) in [6, 6.07) is 20.3. The fourth-order valence-corrected chi connectivity index (χ4v) is 3.01. The Labute approximate surface area is 150 Å². The number of benzene rings is 2. The lowest BCUT2D eigenvalue weighted by Gasteiger charge is -2.09. The molecule has 0 aliphatic carbocycles. The van der Waals surface area contributed by atoms with Crippen LogP contribution in [0.5, 0.6) is 0 Å². The minimum Gasteiger partial charge on any atom is -0.365 e. The Balaban J connectivity index is 1.75. The molecular formula is C19H17N5S. The molecular weight excluding hydrogens is 330 g/mol. The minimum atomic E-state index is 0.706. The number of aromatic nitrogens is 4. The molecule has 2 aromatic carbocycles. The third kappa shape index (κ3) is 3.21. The molecule has 0 unspecified atom stereocenters. The van der Waals surface area contributed by atoms with E-state index >= 15 is 0 Å². The standard InChI is InChI=1S/C19H17N5S/c1-25-19-22-17(20-12-14-8-4-2-5-9-14)16-13-21-24(18(16)23-19)15-10-6-3-7-11-15/h2-11,13H,12H2,1H3,(H,20,22,23). The van der Waals surface area contributed by atoms with Crippen molar-refractivity contribution in [1.29, 1.82) is 0 Å². The molecule has 0 aliphatic heterocycles. The molecule has 4 rings (SSSR count). The van der Waals surface area contributed by atoms with E-state index in [1.807, 2.05) is 65.7 Å². The van der Waals surface area contributed by atoms with Crippen LogP contribution >= 0.6 is 11.8 Å². The van der Waals surface area contributed by atoms with Crippen molar-refractivity contribution in [2.45, 2.75) is 11.7 Å². The summed E-state index contributed by atoms with van der Waals surface area (Å²) in [6.07, 6.45) is 3.80. The lowest BCUT2D eigenvalue weighted by molar-refractivity contribution is 0.877. The second-order valence-corrected chi connectivity index (χ2v) is 6.30. The first-order valence-corrected chi connectivity index (χ1v) is 9.20. The highest BCUT2D eigenvalue weighted by atomic mass is 32.2. The molecule has 0 aliphatic rings. The smallest absolute Gasteiger partial charge is 0.191 e. The Bertz CT molecular complexity index is 983. The summed E-state index contributed by atoms with van der Waals surface area (Å²) in [5.41, 5.74) is 2.99. The summed E-state index contributed by atoms with van der Waals surface area (Å²) in [5.74, 6) is 0.806. The van der Waals surface area contributed by atoms with Gasteiger partial charge in [-0.15, -0.1) is 0 Å². The van der Waals surface area contributed by atoms with Crippen molar-refractivity contribution in [3.63, 3.8) is 0 Å². The highest BCUT2D eigenvalue weighted by molar-refractivity contribution is 7.98. The van der Waals surface area contributed by atoms with Crippen molar-refractivity contribution in [1.82, 2.24) is 19.7 Å². The van der Waals surface area contributed by atoms with Crippen molar-refractivity contribution in [3.05, 3.63) is 72.4 Å². The summed E-state index contributed by atoms with van der Waals surface area (Å²) in [4.78, 5) is 9.29. The molecule has 6 heteroatoms. The van der Waals surface area contributed by atoms with Gasteiger partial charge in [-0.2, -0.15) is 5.10 Å². The van der Waals surface area contributed by atoms with E-state index in [0.29, 0.717) is 6.54 Å². The van der Waals surface area contributed by atoms with Crippen LogP contribution in [0, 0.1) is 0 Å². The Kier molecular flexibility index (Phi) is 4.35. The first kappa shape index (κ1) is 15.7. The number of fused-ring (bicyclic) bond motifs is 1. The van der Waals surface area contributed by atoms with Crippen molar-refractivity contribution in [3.8, 4) is 5.69 Å². The van der Waals surface area contributed by atoms with Gasteiger partial charge < -0.3 is 5.32 Å². The lowest BCUT2D eigenvalue weighted by atomic mass is 10.2. The van der Waals surface area contributed by atoms with Gasteiger partial charge in [0.05, 0.1) is 17.3 Å². The topological polar surface area (TPSA) is 55.6 Å². The molecule has 124 valence electrons. The Hall–Kier alpha value is -2.86. The quantitative estimate of drug-likeness (QED) is 0.434. The Morgan fingerprint density at radius 1 is 0.960 bits per heavy atom. The monoisotopic (exact) mass is 347 g/mol. The first-order chi connectivity index (χ1) is 12.3. The Morgan fingerprint density at radius 3 is 2.40 bits per heavy atom. The molecule has 0 fully saturated rings. The number of thioether (sulfide) groups is 1. The third-order valence-corrected chi connectivity index (χ3v) is 4.44.